The zero-order valence-electron chi connectivity index (χ0n) is 14.2. The summed E-state index contributed by atoms with van der Waals surface area (Å²) in [5.74, 6) is -0.647. The first-order valence-electron chi connectivity index (χ1n) is 8.42. The summed E-state index contributed by atoms with van der Waals surface area (Å²) in [6.45, 7) is 0. The van der Waals surface area contributed by atoms with E-state index in [1.165, 1.54) is 0 Å². The Morgan fingerprint density at radius 1 is 1.19 bits per heavy atom. The van der Waals surface area contributed by atoms with Crippen molar-refractivity contribution in [2.75, 3.05) is 12.4 Å². The third-order valence-electron chi connectivity index (χ3n) is 4.96. The van der Waals surface area contributed by atoms with Crippen LogP contribution in [0.1, 0.15) is 18.0 Å². The normalized spacial score (nSPS) is 19.9. The maximum Gasteiger partial charge on any atom is 0.230 e. The van der Waals surface area contributed by atoms with E-state index in [2.05, 4.69) is 10.3 Å². The standard InChI is InChI=1S/C20H18ClN3O2/c1-24-18(25)11-16(19(24)13-2-5-14(21)6-3-13)20(26)23-15-7-4-12-8-9-22-17(12)10-15/h2-10,16,19,22H,11H2,1H3,(H,23,26)/t16-,19-/m0/s1. The maximum absolute atomic E-state index is 12.9. The van der Waals surface area contributed by atoms with Crippen LogP contribution in [-0.2, 0) is 9.59 Å². The second-order valence-electron chi connectivity index (χ2n) is 6.58. The van der Waals surface area contributed by atoms with Crippen molar-refractivity contribution < 1.29 is 9.59 Å². The number of aromatic nitrogens is 1. The van der Waals surface area contributed by atoms with Crippen molar-refractivity contribution in [3.8, 4) is 0 Å². The third kappa shape index (κ3) is 2.95. The molecule has 3 aromatic rings. The van der Waals surface area contributed by atoms with Crippen LogP contribution in [0.4, 0.5) is 5.69 Å². The zero-order valence-corrected chi connectivity index (χ0v) is 15.0. The van der Waals surface area contributed by atoms with Gasteiger partial charge >= 0.3 is 0 Å². The van der Waals surface area contributed by atoms with E-state index in [4.69, 9.17) is 11.6 Å². The van der Waals surface area contributed by atoms with Gasteiger partial charge in [-0.2, -0.15) is 0 Å². The fraction of sp³-hybridized carbons (Fsp3) is 0.200. The van der Waals surface area contributed by atoms with Crippen molar-refractivity contribution in [2.24, 2.45) is 5.92 Å². The Morgan fingerprint density at radius 3 is 2.73 bits per heavy atom. The zero-order chi connectivity index (χ0) is 18.3. The Balaban J connectivity index is 1.60. The van der Waals surface area contributed by atoms with Crippen LogP contribution in [0.3, 0.4) is 0 Å². The molecule has 0 spiro atoms. The summed E-state index contributed by atoms with van der Waals surface area (Å²) in [4.78, 5) is 29.9. The van der Waals surface area contributed by atoms with Crippen LogP contribution in [0.2, 0.25) is 5.02 Å². The molecule has 1 aromatic heterocycles. The first-order valence-corrected chi connectivity index (χ1v) is 8.80. The van der Waals surface area contributed by atoms with E-state index in [1.807, 2.05) is 42.6 Å². The molecule has 0 aliphatic carbocycles. The SMILES string of the molecule is CN1C(=O)C[C@H](C(=O)Nc2ccc3cc[nH]c3c2)[C@@H]1c1ccc(Cl)cc1. The van der Waals surface area contributed by atoms with Crippen LogP contribution in [0, 0.1) is 5.92 Å². The van der Waals surface area contributed by atoms with Crippen molar-refractivity contribution in [1.29, 1.82) is 0 Å². The number of fused-ring (bicyclic) bond motifs is 1. The number of likely N-dealkylation sites (tertiary alicyclic amines) is 1. The first-order chi connectivity index (χ1) is 12.5. The van der Waals surface area contributed by atoms with Gasteiger partial charge in [0.25, 0.3) is 0 Å². The number of hydrogen-bond donors (Lipinski definition) is 2. The minimum absolute atomic E-state index is 0.0371. The van der Waals surface area contributed by atoms with Crippen LogP contribution in [0.5, 0.6) is 0 Å². The second kappa shape index (κ2) is 6.50. The molecule has 2 amide bonds. The van der Waals surface area contributed by atoms with Gasteiger partial charge in [0.2, 0.25) is 11.8 Å². The molecule has 132 valence electrons. The van der Waals surface area contributed by atoms with Gasteiger partial charge in [-0.25, -0.2) is 0 Å². The van der Waals surface area contributed by atoms with Crippen molar-refractivity contribution in [2.45, 2.75) is 12.5 Å². The van der Waals surface area contributed by atoms with Crippen molar-refractivity contribution in [1.82, 2.24) is 9.88 Å². The Morgan fingerprint density at radius 2 is 1.96 bits per heavy atom. The lowest BCUT2D eigenvalue weighted by Crippen LogP contribution is -2.30. The van der Waals surface area contributed by atoms with Gasteiger partial charge in [0.15, 0.2) is 0 Å². The van der Waals surface area contributed by atoms with Crippen LogP contribution >= 0.6 is 11.6 Å². The summed E-state index contributed by atoms with van der Waals surface area (Å²) >= 11 is 5.97. The van der Waals surface area contributed by atoms with Gasteiger partial charge in [-0.05, 0) is 41.3 Å². The van der Waals surface area contributed by atoms with E-state index >= 15 is 0 Å². The Labute approximate surface area is 155 Å². The maximum atomic E-state index is 12.9. The highest BCUT2D eigenvalue weighted by molar-refractivity contribution is 6.30. The number of rotatable bonds is 3. The number of amides is 2. The van der Waals surface area contributed by atoms with Crippen LogP contribution in [0.15, 0.2) is 54.7 Å². The smallest absolute Gasteiger partial charge is 0.230 e. The van der Waals surface area contributed by atoms with E-state index in [9.17, 15) is 9.59 Å². The predicted molar refractivity (Wildman–Crippen MR) is 102 cm³/mol. The molecule has 4 rings (SSSR count). The minimum atomic E-state index is -0.451. The van der Waals surface area contributed by atoms with Gasteiger partial charge in [0.05, 0.1) is 12.0 Å². The topological polar surface area (TPSA) is 65.2 Å². The number of nitrogens with zero attached hydrogens (tertiary/aromatic N) is 1. The van der Waals surface area contributed by atoms with Gasteiger partial charge in [-0.1, -0.05) is 29.8 Å². The number of aromatic amines is 1. The molecule has 0 radical (unpaired) electrons. The number of halogens is 1. The molecular formula is C20H18ClN3O2. The quantitative estimate of drug-likeness (QED) is 0.735. The Hall–Kier alpha value is -2.79. The highest BCUT2D eigenvalue weighted by Gasteiger charge is 2.42. The molecule has 6 heteroatoms. The van der Waals surface area contributed by atoms with Gasteiger partial charge in [-0.3, -0.25) is 9.59 Å². The van der Waals surface area contributed by atoms with E-state index in [0.717, 1.165) is 16.5 Å². The molecule has 26 heavy (non-hydrogen) atoms. The highest BCUT2D eigenvalue weighted by atomic mass is 35.5. The molecule has 1 saturated heterocycles. The largest absolute Gasteiger partial charge is 0.361 e. The van der Waals surface area contributed by atoms with E-state index in [0.29, 0.717) is 10.7 Å². The highest BCUT2D eigenvalue weighted by Crippen LogP contribution is 2.38. The molecular weight excluding hydrogens is 350 g/mol. The molecule has 0 saturated carbocycles. The number of nitrogens with one attached hydrogen (secondary N) is 2. The number of anilines is 1. The molecule has 1 aliphatic heterocycles. The summed E-state index contributed by atoms with van der Waals surface area (Å²) in [7, 11) is 1.74. The lowest BCUT2D eigenvalue weighted by molar-refractivity contribution is -0.127. The molecule has 5 nitrogen and oxygen atoms in total. The molecule has 2 atom stereocenters. The van der Waals surface area contributed by atoms with E-state index < -0.39 is 5.92 Å². The number of H-pyrrole nitrogens is 1. The van der Waals surface area contributed by atoms with Crippen molar-refractivity contribution in [3.63, 3.8) is 0 Å². The summed E-state index contributed by atoms with van der Waals surface area (Å²) in [6, 6.07) is 14.7. The molecule has 2 heterocycles. The van der Waals surface area contributed by atoms with Gasteiger partial charge in [0.1, 0.15) is 0 Å². The fourth-order valence-electron chi connectivity index (χ4n) is 3.58. The molecule has 1 aliphatic rings. The monoisotopic (exact) mass is 367 g/mol. The van der Waals surface area contributed by atoms with Gasteiger partial charge in [-0.15, -0.1) is 0 Å². The molecule has 1 fully saturated rings. The summed E-state index contributed by atoms with van der Waals surface area (Å²) in [6.07, 6.45) is 2.05. The fourth-order valence-corrected chi connectivity index (χ4v) is 3.71. The molecule has 2 aromatic carbocycles. The lowest BCUT2D eigenvalue weighted by atomic mass is 9.93. The summed E-state index contributed by atoms with van der Waals surface area (Å²) in [5.41, 5.74) is 2.57. The van der Waals surface area contributed by atoms with Crippen molar-refractivity contribution >= 4 is 40.0 Å². The van der Waals surface area contributed by atoms with Crippen molar-refractivity contribution in [3.05, 3.63) is 65.3 Å². The number of hydrogen-bond acceptors (Lipinski definition) is 2. The predicted octanol–water partition coefficient (Wildman–Crippen LogP) is 3.98. The van der Waals surface area contributed by atoms with Gasteiger partial charge in [0, 0.05) is 35.9 Å². The van der Waals surface area contributed by atoms with Gasteiger partial charge < -0.3 is 15.2 Å². The van der Waals surface area contributed by atoms with Crippen LogP contribution in [0.25, 0.3) is 10.9 Å². The van der Waals surface area contributed by atoms with E-state index in [-0.39, 0.29) is 24.3 Å². The Kier molecular flexibility index (Phi) is 4.17. The second-order valence-corrected chi connectivity index (χ2v) is 7.02. The number of carbonyl (C=O) groups is 2. The molecule has 2 N–H and O–H groups in total. The minimum Gasteiger partial charge on any atom is -0.361 e. The lowest BCUT2D eigenvalue weighted by Gasteiger charge is -2.25. The average molecular weight is 368 g/mol. The summed E-state index contributed by atoms with van der Waals surface area (Å²) in [5, 5.41) is 4.66. The molecule has 0 unspecified atom stereocenters. The first kappa shape index (κ1) is 16.7. The van der Waals surface area contributed by atoms with Crippen LogP contribution < -0.4 is 5.32 Å². The Bertz CT molecular complexity index is 980. The molecule has 0 bridgehead atoms. The third-order valence-corrected chi connectivity index (χ3v) is 5.21. The van der Waals surface area contributed by atoms with E-state index in [1.54, 1.807) is 24.1 Å². The average Bonchev–Trinajstić information content (AvgIpc) is 3.20. The number of benzene rings is 2. The number of carbonyl (C=O) groups excluding carboxylic acids is 2. The van der Waals surface area contributed by atoms with Crippen LogP contribution in [-0.4, -0.2) is 28.7 Å². The summed E-state index contributed by atoms with van der Waals surface area (Å²) < 4.78 is 0.